The van der Waals surface area contributed by atoms with Crippen LogP contribution in [0.3, 0.4) is 0 Å². The number of hydrogen-bond acceptors (Lipinski definition) is 3. The Labute approximate surface area is 120 Å². The number of pyridine rings is 1. The van der Waals surface area contributed by atoms with Gasteiger partial charge in [0.25, 0.3) is 5.91 Å². The molecule has 0 spiro atoms. The lowest BCUT2D eigenvalue weighted by Gasteiger charge is -2.08. The summed E-state index contributed by atoms with van der Waals surface area (Å²) in [7, 11) is 0. The molecule has 108 valence electrons. The molecule has 0 bridgehead atoms. The van der Waals surface area contributed by atoms with Crippen molar-refractivity contribution < 1.29 is 13.6 Å². The van der Waals surface area contributed by atoms with Gasteiger partial charge in [0.05, 0.1) is 17.4 Å². The minimum Gasteiger partial charge on any atom is -0.354 e. The number of halogens is 2. The van der Waals surface area contributed by atoms with E-state index in [1.165, 1.54) is 18.5 Å². The summed E-state index contributed by atoms with van der Waals surface area (Å²) in [4.78, 5) is 15.9. The molecule has 0 radical (unpaired) electrons. The highest BCUT2D eigenvalue weighted by atomic mass is 19.2. The van der Waals surface area contributed by atoms with E-state index >= 15 is 0 Å². The van der Waals surface area contributed by atoms with Gasteiger partial charge >= 0.3 is 0 Å². The van der Waals surface area contributed by atoms with Gasteiger partial charge in [-0.25, -0.2) is 8.78 Å². The lowest BCUT2D eigenvalue weighted by molar-refractivity contribution is 0.0950. The minimum absolute atomic E-state index is 0.182. The largest absolute Gasteiger partial charge is 0.354 e. The predicted molar refractivity (Wildman–Crippen MR) is 74.4 cm³/mol. The van der Waals surface area contributed by atoms with E-state index in [-0.39, 0.29) is 11.9 Å². The Hall–Kier alpha value is -2.50. The van der Waals surface area contributed by atoms with Gasteiger partial charge in [-0.15, -0.1) is 0 Å². The van der Waals surface area contributed by atoms with Crippen molar-refractivity contribution in [3.8, 4) is 0 Å². The van der Waals surface area contributed by atoms with Gasteiger partial charge in [-0.3, -0.25) is 9.78 Å². The molecule has 1 amide bonds. The van der Waals surface area contributed by atoms with Crippen LogP contribution in [-0.2, 0) is 0 Å². The topological polar surface area (TPSA) is 54.0 Å². The van der Waals surface area contributed by atoms with E-state index in [9.17, 15) is 13.6 Å². The standard InChI is InChI=1S/C15H13F2N3O/c16-13-4-3-11(6-14(13)17)19-12-5-9(7-18-8-12)15(21)20-10-1-2-10/h3-8,10,19H,1-2H2,(H,20,21). The molecular formula is C15H13F2N3O. The Morgan fingerprint density at radius 3 is 2.62 bits per heavy atom. The fraction of sp³-hybridized carbons (Fsp3) is 0.200. The van der Waals surface area contributed by atoms with E-state index in [4.69, 9.17) is 0 Å². The van der Waals surface area contributed by atoms with Crippen molar-refractivity contribution in [3.05, 3.63) is 53.9 Å². The molecule has 3 rings (SSSR count). The Morgan fingerprint density at radius 1 is 1.10 bits per heavy atom. The number of carbonyl (C=O) groups is 1. The van der Waals surface area contributed by atoms with Crippen LogP contribution in [0.1, 0.15) is 23.2 Å². The number of nitrogens with one attached hydrogen (secondary N) is 2. The highest BCUT2D eigenvalue weighted by molar-refractivity contribution is 5.95. The van der Waals surface area contributed by atoms with Crippen molar-refractivity contribution >= 4 is 17.3 Å². The third-order valence-electron chi connectivity index (χ3n) is 3.12. The van der Waals surface area contributed by atoms with Crippen LogP contribution in [0.15, 0.2) is 36.7 Å². The van der Waals surface area contributed by atoms with Gasteiger partial charge in [0.15, 0.2) is 11.6 Å². The van der Waals surface area contributed by atoms with Crippen LogP contribution < -0.4 is 10.6 Å². The average Bonchev–Trinajstić information content (AvgIpc) is 3.27. The van der Waals surface area contributed by atoms with E-state index in [2.05, 4.69) is 15.6 Å². The summed E-state index contributed by atoms with van der Waals surface area (Å²) in [5.74, 6) is -2.02. The second kappa shape index (κ2) is 5.47. The second-order valence-corrected chi connectivity index (χ2v) is 4.96. The van der Waals surface area contributed by atoms with Gasteiger partial charge in [0.2, 0.25) is 0 Å². The maximum absolute atomic E-state index is 13.1. The maximum atomic E-state index is 13.1. The molecule has 1 fully saturated rings. The number of amides is 1. The molecule has 2 N–H and O–H groups in total. The van der Waals surface area contributed by atoms with Crippen LogP contribution >= 0.6 is 0 Å². The first-order chi connectivity index (χ1) is 10.1. The fourth-order valence-electron chi connectivity index (χ4n) is 1.87. The highest BCUT2D eigenvalue weighted by Crippen LogP contribution is 2.21. The van der Waals surface area contributed by atoms with Crippen LogP contribution in [0.5, 0.6) is 0 Å². The molecule has 6 heteroatoms. The summed E-state index contributed by atoms with van der Waals surface area (Å²) in [5.41, 5.74) is 1.34. The first-order valence-corrected chi connectivity index (χ1v) is 6.60. The van der Waals surface area contributed by atoms with Gasteiger partial charge < -0.3 is 10.6 Å². The van der Waals surface area contributed by atoms with Crippen molar-refractivity contribution in [1.82, 2.24) is 10.3 Å². The van der Waals surface area contributed by atoms with E-state index < -0.39 is 11.6 Å². The monoisotopic (exact) mass is 289 g/mol. The van der Waals surface area contributed by atoms with E-state index in [1.54, 1.807) is 6.07 Å². The van der Waals surface area contributed by atoms with E-state index in [1.807, 2.05) is 0 Å². The molecule has 1 aromatic heterocycles. The second-order valence-electron chi connectivity index (χ2n) is 4.96. The third kappa shape index (κ3) is 3.34. The zero-order valence-electron chi connectivity index (χ0n) is 11.1. The SMILES string of the molecule is O=C(NC1CC1)c1cncc(Nc2ccc(F)c(F)c2)c1. The van der Waals surface area contributed by atoms with Gasteiger partial charge in [-0.05, 0) is 31.0 Å². The molecule has 1 aliphatic rings. The summed E-state index contributed by atoms with van der Waals surface area (Å²) in [6.07, 6.45) is 4.99. The van der Waals surface area contributed by atoms with Crippen LogP contribution in [0.25, 0.3) is 0 Å². The number of hydrogen-bond donors (Lipinski definition) is 2. The van der Waals surface area contributed by atoms with Crippen LogP contribution in [0, 0.1) is 11.6 Å². The molecule has 21 heavy (non-hydrogen) atoms. The van der Waals surface area contributed by atoms with Crippen molar-refractivity contribution in [1.29, 1.82) is 0 Å². The van der Waals surface area contributed by atoms with E-state index in [0.29, 0.717) is 16.9 Å². The molecule has 1 saturated carbocycles. The summed E-state index contributed by atoms with van der Waals surface area (Å²) >= 11 is 0. The average molecular weight is 289 g/mol. The third-order valence-corrected chi connectivity index (χ3v) is 3.12. The van der Waals surface area contributed by atoms with E-state index in [0.717, 1.165) is 25.0 Å². The van der Waals surface area contributed by atoms with Gasteiger partial charge in [0, 0.05) is 24.0 Å². The maximum Gasteiger partial charge on any atom is 0.253 e. The lowest BCUT2D eigenvalue weighted by Crippen LogP contribution is -2.25. The molecule has 0 saturated heterocycles. The zero-order chi connectivity index (χ0) is 14.8. The Balaban J connectivity index is 1.75. The van der Waals surface area contributed by atoms with Crippen molar-refractivity contribution in [2.45, 2.75) is 18.9 Å². The minimum atomic E-state index is -0.935. The Morgan fingerprint density at radius 2 is 1.90 bits per heavy atom. The molecule has 0 aliphatic heterocycles. The number of aromatic nitrogens is 1. The zero-order valence-corrected chi connectivity index (χ0v) is 11.1. The first-order valence-electron chi connectivity index (χ1n) is 6.60. The number of nitrogens with zero attached hydrogens (tertiary/aromatic N) is 1. The summed E-state index contributed by atoms with van der Waals surface area (Å²) < 4.78 is 26.0. The Bertz CT molecular complexity index is 686. The summed E-state index contributed by atoms with van der Waals surface area (Å²) in [6.45, 7) is 0. The van der Waals surface area contributed by atoms with Crippen molar-refractivity contribution in [2.24, 2.45) is 0 Å². The normalized spacial score (nSPS) is 13.8. The number of carbonyl (C=O) groups excluding carboxylic acids is 1. The van der Waals surface area contributed by atoms with Crippen LogP contribution in [-0.4, -0.2) is 16.9 Å². The van der Waals surface area contributed by atoms with Crippen molar-refractivity contribution in [2.75, 3.05) is 5.32 Å². The summed E-state index contributed by atoms with van der Waals surface area (Å²) in [6, 6.07) is 5.38. The number of rotatable bonds is 4. The molecule has 1 aliphatic carbocycles. The molecule has 0 unspecified atom stereocenters. The number of anilines is 2. The molecule has 1 aromatic carbocycles. The van der Waals surface area contributed by atoms with Crippen LogP contribution in [0.4, 0.5) is 20.2 Å². The Kier molecular flexibility index (Phi) is 3.51. The fourth-order valence-corrected chi connectivity index (χ4v) is 1.87. The summed E-state index contributed by atoms with van der Waals surface area (Å²) in [5, 5.41) is 5.75. The van der Waals surface area contributed by atoms with Crippen LogP contribution in [0.2, 0.25) is 0 Å². The van der Waals surface area contributed by atoms with Crippen molar-refractivity contribution in [3.63, 3.8) is 0 Å². The molecule has 1 heterocycles. The molecule has 4 nitrogen and oxygen atoms in total. The molecular weight excluding hydrogens is 276 g/mol. The van der Waals surface area contributed by atoms with Gasteiger partial charge in [-0.2, -0.15) is 0 Å². The lowest BCUT2D eigenvalue weighted by atomic mass is 10.2. The quantitative estimate of drug-likeness (QED) is 0.909. The smallest absolute Gasteiger partial charge is 0.253 e. The van der Waals surface area contributed by atoms with Gasteiger partial charge in [-0.1, -0.05) is 0 Å². The van der Waals surface area contributed by atoms with Gasteiger partial charge in [0.1, 0.15) is 0 Å². The first kappa shape index (κ1) is 13.5. The highest BCUT2D eigenvalue weighted by Gasteiger charge is 2.23. The molecule has 0 atom stereocenters. The number of benzene rings is 1. The molecule has 2 aromatic rings. The predicted octanol–water partition coefficient (Wildman–Crippen LogP) is 3.00.